The molecule has 0 saturated carbocycles. The summed E-state index contributed by atoms with van der Waals surface area (Å²) < 4.78 is 13.9. The van der Waals surface area contributed by atoms with Gasteiger partial charge in [0.25, 0.3) is 0 Å². The normalized spacial score (nSPS) is 11.7. The van der Waals surface area contributed by atoms with Crippen LogP contribution in [0.4, 0.5) is 0 Å². The number of aromatic nitrogens is 1. The highest BCUT2D eigenvalue weighted by Gasteiger charge is 2.22. The van der Waals surface area contributed by atoms with E-state index >= 15 is 0 Å². The highest BCUT2D eigenvalue weighted by molar-refractivity contribution is 7.26. The number of furan rings is 2. The number of pyridine rings is 1. The van der Waals surface area contributed by atoms with Gasteiger partial charge in [-0.05, 0) is 65.2 Å². The summed E-state index contributed by atoms with van der Waals surface area (Å²) in [5.41, 5.74) is 7.88. The van der Waals surface area contributed by atoms with E-state index in [9.17, 15) is 10.5 Å². The molecule has 5 nitrogen and oxygen atoms in total. The number of thiophene rings is 1. The summed E-state index contributed by atoms with van der Waals surface area (Å²) in [4.78, 5) is 4.86. The van der Waals surface area contributed by atoms with Gasteiger partial charge in [-0.15, -0.1) is 11.3 Å². The molecule has 4 heterocycles. The van der Waals surface area contributed by atoms with Crippen LogP contribution in [0.1, 0.15) is 11.3 Å². The van der Waals surface area contributed by atoms with Gasteiger partial charge >= 0.3 is 0 Å². The zero-order valence-electron chi connectivity index (χ0n) is 22.4. The molecule has 198 valence electrons. The maximum absolute atomic E-state index is 10.4. The Morgan fingerprint density at radius 1 is 0.558 bits per heavy atom. The lowest BCUT2D eigenvalue weighted by Crippen LogP contribution is -1.95. The molecule has 5 aromatic carbocycles. The SMILES string of the molecule is N#Cc1nc2c(sc3ccc(-c4ccc5oc6ccccc6c5c4)cc32)c(C#N)c1-c1ccc2c(c1)oc1ccccc12. The second-order valence-electron chi connectivity index (χ2n) is 10.5. The third kappa shape index (κ3) is 3.39. The Morgan fingerprint density at radius 3 is 1.95 bits per heavy atom. The fourth-order valence-electron chi connectivity index (χ4n) is 6.20. The average molecular weight is 568 g/mol. The average Bonchev–Trinajstić information content (AvgIpc) is 3.73. The number of hydrogen-bond acceptors (Lipinski definition) is 6. The van der Waals surface area contributed by atoms with Crippen molar-refractivity contribution in [3.8, 4) is 34.4 Å². The van der Waals surface area contributed by atoms with Gasteiger partial charge in [-0.25, -0.2) is 4.98 Å². The smallest absolute Gasteiger partial charge is 0.150 e. The van der Waals surface area contributed by atoms with Crippen LogP contribution in [0.3, 0.4) is 0 Å². The Morgan fingerprint density at radius 2 is 1.19 bits per heavy atom. The highest BCUT2D eigenvalue weighted by atomic mass is 32.1. The van der Waals surface area contributed by atoms with Crippen molar-refractivity contribution in [2.24, 2.45) is 0 Å². The van der Waals surface area contributed by atoms with E-state index in [4.69, 9.17) is 13.8 Å². The molecule has 0 fully saturated rings. The van der Waals surface area contributed by atoms with Gasteiger partial charge in [0.15, 0.2) is 0 Å². The molecular weight excluding hydrogens is 550 g/mol. The second kappa shape index (κ2) is 8.77. The van der Waals surface area contributed by atoms with Crippen LogP contribution in [-0.4, -0.2) is 4.98 Å². The molecule has 43 heavy (non-hydrogen) atoms. The van der Waals surface area contributed by atoms with E-state index in [1.807, 2.05) is 66.7 Å². The minimum absolute atomic E-state index is 0.218. The predicted molar refractivity (Wildman–Crippen MR) is 172 cm³/mol. The Bertz CT molecular complexity index is 2710. The number of fused-ring (bicyclic) bond motifs is 9. The molecule has 0 aliphatic rings. The number of benzene rings is 5. The Hall–Kier alpha value is -5.95. The standard InChI is InChI=1S/C37H17N3O2S/c38-18-28-35(22-9-12-25-23-5-1-3-7-30(23)42-33(25)17-22)29(19-39)40-36-27-16-21(11-14-34(27)43-37(28)36)20-10-13-32-26(15-20)24-6-2-4-8-31(24)41-32/h1-17H. The Balaban J connectivity index is 1.24. The lowest BCUT2D eigenvalue weighted by molar-refractivity contribution is 0.668. The first-order chi connectivity index (χ1) is 21.2. The summed E-state index contributed by atoms with van der Waals surface area (Å²) in [5.74, 6) is 0. The number of nitriles is 2. The van der Waals surface area contributed by atoms with E-state index in [1.54, 1.807) is 0 Å². The van der Waals surface area contributed by atoms with Crippen molar-refractivity contribution in [1.82, 2.24) is 4.98 Å². The molecule has 6 heteroatoms. The minimum Gasteiger partial charge on any atom is -0.456 e. The maximum Gasteiger partial charge on any atom is 0.150 e. The van der Waals surface area contributed by atoms with Crippen molar-refractivity contribution in [3.05, 3.63) is 114 Å². The third-order valence-corrected chi connectivity index (χ3v) is 9.37. The summed E-state index contributed by atoms with van der Waals surface area (Å²) in [7, 11) is 0. The lowest BCUT2D eigenvalue weighted by Gasteiger charge is -2.08. The molecule has 0 aliphatic heterocycles. The fourth-order valence-corrected chi connectivity index (χ4v) is 7.32. The summed E-state index contributed by atoms with van der Waals surface area (Å²) >= 11 is 1.53. The van der Waals surface area contributed by atoms with E-state index in [-0.39, 0.29) is 5.69 Å². The van der Waals surface area contributed by atoms with E-state index in [0.717, 1.165) is 69.8 Å². The number of hydrogen-bond donors (Lipinski definition) is 0. The van der Waals surface area contributed by atoms with Crippen molar-refractivity contribution < 1.29 is 8.83 Å². The summed E-state index contributed by atoms with van der Waals surface area (Å²) in [6, 6.07) is 38.9. The zero-order valence-corrected chi connectivity index (χ0v) is 23.2. The molecule has 9 aromatic rings. The van der Waals surface area contributed by atoms with Gasteiger partial charge in [-0.2, -0.15) is 10.5 Å². The molecular formula is C37H17N3O2S. The monoisotopic (exact) mass is 567 g/mol. The molecule has 0 N–H and O–H groups in total. The first-order valence-electron chi connectivity index (χ1n) is 13.7. The Kier molecular flexibility index (Phi) is 4.84. The molecule has 0 spiro atoms. The zero-order chi connectivity index (χ0) is 28.7. The molecule has 0 saturated heterocycles. The van der Waals surface area contributed by atoms with Gasteiger partial charge in [-0.1, -0.05) is 54.6 Å². The van der Waals surface area contributed by atoms with Crippen molar-refractivity contribution in [2.45, 2.75) is 0 Å². The largest absolute Gasteiger partial charge is 0.456 e. The Labute approximate surface area is 248 Å². The number of nitrogens with zero attached hydrogens (tertiary/aromatic N) is 3. The maximum atomic E-state index is 10.4. The van der Waals surface area contributed by atoms with Crippen molar-refractivity contribution in [3.63, 3.8) is 0 Å². The van der Waals surface area contributed by atoms with E-state index in [2.05, 4.69) is 48.5 Å². The van der Waals surface area contributed by atoms with Crippen LogP contribution in [0, 0.1) is 22.7 Å². The van der Waals surface area contributed by atoms with Gasteiger partial charge in [0.1, 0.15) is 40.2 Å². The highest BCUT2D eigenvalue weighted by Crippen LogP contribution is 2.43. The lowest BCUT2D eigenvalue weighted by atomic mass is 9.96. The predicted octanol–water partition coefficient (Wildman–Crippen LogP) is 10.3. The van der Waals surface area contributed by atoms with Gasteiger partial charge < -0.3 is 8.83 Å². The van der Waals surface area contributed by atoms with Crippen LogP contribution in [0.2, 0.25) is 0 Å². The van der Waals surface area contributed by atoms with Crippen molar-refractivity contribution >= 4 is 75.5 Å². The molecule has 0 atom stereocenters. The van der Waals surface area contributed by atoms with Crippen molar-refractivity contribution in [2.75, 3.05) is 0 Å². The van der Waals surface area contributed by atoms with Crippen LogP contribution >= 0.6 is 11.3 Å². The minimum atomic E-state index is 0.218. The van der Waals surface area contributed by atoms with Crippen LogP contribution in [0.25, 0.3) is 86.4 Å². The van der Waals surface area contributed by atoms with Crippen LogP contribution in [0.15, 0.2) is 112 Å². The molecule has 4 aromatic heterocycles. The summed E-state index contributed by atoms with van der Waals surface area (Å²) in [6.45, 7) is 0. The molecule has 0 unspecified atom stereocenters. The number of para-hydroxylation sites is 2. The van der Waals surface area contributed by atoms with E-state index in [1.165, 1.54) is 11.3 Å². The van der Waals surface area contributed by atoms with Gasteiger partial charge in [0.05, 0.1) is 15.8 Å². The first-order valence-corrected chi connectivity index (χ1v) is 14.6. The van der Waals surface area contributed by atoms with Crippen LogP contribution < -0.4 is 0 Å². The molecule has 9 rings (SSSR count). The molecule has 0 aliphatic carbocycles. The topological polar surface area (TPSA) is 86.8 Å². The summed E-state index contributed by atoms with van der Waals surface area (Å²) in [6.07, 6.45) is 0. The van der Waals surface area contributed by atoms with Crippen LogP contribution in [0.5, 0.6) is 0 Å². The molecule has 0 amide bonds. The van der Waals surface area contributed by atoms with Crippen LogP contribution in [-0.2, 0) is 0 Å². The molecule has 0 radical (unpaired) electrons. The van der Waals surface area contributed by atoms with E-state index in [0.29, 0.717) is 22.2 Å². The van der Waals surface area contributed by atoms with Gasteiger partial charge in [-0.3, -0.25) is 0 Å². The molecule has 0 bridgehead atoms. The first kappa shape index (κ1) is 23.7. The van der Waals surface area contributed by atoms with Crippen molar-refractivity contribution in [1.29, 1.82) is 10.5 Å². The number of rotatable bonds is 2. The van der Waals surface area contributed by atoms with Gasteiger partial charge in [0.2, 0.25) is 0 Å². The van der Waals surface area contributed by atoms with Gasteiger partial charge in [0, 0.05) is 37.2 Å². The summed E-state index contributed by atoms with van der Waals surface area (Å²) in [5, 5.41) is 25.8. The van der Waals surface area contributed by atoms with E-state index < -0.39 is 0 Å². The second-order valence-corrected chi connectivity index (χ2v) is 11.6. The third-order valence-electron chi connectivity index (χ3n) is 8.19. The quantitative estimate of drug-likeness (QED) is 0.207. The fraction of sp³-hybridized carbons (Fsp3) is 0.